The summed E-state index contributed by atoms with van der Waals surface area (Å²) >= 11 is 0. The zero-order chi connectivity index (χ0) is 8.81. The van der Waals surface area contributed by atoms with E-state index in [2.05, 4.69) is 0 Å². The van der Waals surface area contributed by atoms with Crippen molar-refractivity contribution in [1.82, 2.24) is 0 Å². The number of phenols is 1. The van der Waals surface area contributed by atoms with E-state index in [1.807, 2.05) is 24.3 Å². The van der Waals surface area contributed by atoms with Crippen LogP contribution in [0.2, 0.25) is 0 Å². The summed E-state index contributed by atoms with van der Waals surface area (Å²) in [7, 11) is 0. The average molecular weight is 163 g/mol. The van der Waals surface area contributed by atoms with Crippen LogP contribution in [-0.4, -0.2) is 11.7 Å². The lowest BCUT2D eigenvalue weighted by Crippen LogP contribution is -1.94. The van der Waals surface area contributed by atoms with Gasteiger partial charge in [0.15, 0.2) is 0 Å². The number of rotatable bonds is 3. The fraction of sp³-hybridized carbons (Fsp3) is 0.200. The first-order valence-electron chi connectivity index (χ1n) is 3.98. The van der Waals surface area contributed by atoms with E-state index >= 15 is 0 Å². The molecule has 0 heterocycles. The van der Waals surface area contributed by atoms with Crippen molar-refractivity contribution >= 4 is 6.08 Å². The highest BCUT2D eigenvalue weighted by Gasteiger charge is 1.87. The SMILES string of the molecule is NCCC=Cc1cccc(O)c1. The predicted molar refractivity (Wildman–Crippen MR) is 50.8 cm³/mol. The van der Waals surface area contributed by atoms with Gasteiger partial charge >= 0.3 is 0 Å². The summed E-state index contributed by atoms with van der Waals surface area (Å²) in [6.07, 6.45) is 4.82. The Morgan fingerprint density at radius 3 is 2.92 bits per heavy atom. The molecule has 2 heteroatoms. The summed E-state index contributed by atoms with van der Waals surface area (Å²) in [5, 5.41) is 9.11. The van der Waals surface area contributed by atoms with Gasteiger partial charge in [0.25, 0.3) is 0 Å². The third-order valence-electron chi connectivity index (χ3n) is 1.51. The smallest absolute Gasteiger partial charge is 0.116 e. The van der Waals surface area contributed by atoms with Crippen molar-refractivity contribution < 1.29 is 5.11 Å². The van der Waals surface area contributed by atoms with Crippen molar-refractivity contribution in [2.24, 2.45) is 5.73 Å². The van der Waals surface area contributed by atoms with Crippen LogP contribution in [0.4, 0.5) is 0 Å². The molecule has 0 saturated carbocycles. The fourth-order valence-electron chi connectivity index (χ4n) is 0.944. The van der Waals surface area contributed by atoms with E-state index in [1.165, 1.54) is 0 Å². The maximum absolute atomic E-state index is 9.11. The molecule has 0 aromatic heterocycles. The highest BCUT2D eigenvalue weighted by Crippen LogP contribution is 2.11. The Kier molecular flexibility index (Phi) is 3.35. The first-order chi connectivity index (χ1) is 5.83. The van der Waals surface area contributed by atoms with Crippen molar-refractivity contribution in [2.45, 2.75) is 6.42 Å². The van der Waals surface area contributed by atoms with E-state index in [4.69, 9.17) is 10.8 Å². The molecule has 0 bridgehead atoms. The van der Waals surface area contributed by atoms with Crippen LogP contribution >= 0.6 is 0 Å². The zero-order valence-corrected chi connectivity index (χ0v) is 6.90. The number of hydrogen-bond acceptors (Lipinski definition) is 2. The summed E-state index contributed by atoms with van der Waals surface area (Å²) in [5.74, 6) is 0.296. The highest BCUT2D eigenvalue weighted by atomic mass is 16.3. The van der Waals surface area contributed by atoms with E-state index in [9.17, 15) is 0 Å². The molecule has 1 aromatic rings. The number of benzene rings is 1. The maximum Gasteiger partial charge on any atom is 0.116 e. The predicted octanol–water partition coefficient (Wildman–Crippen LogP) is 1.75. The molecule has 1 aromatic carbocycles. The van der Waals surface area contributed by atoms with Crippen LogP contribution in [0.5, 0.6) is 5.75 Å². The summed E-state index contributed by atoms with van der Waals surface area (Å²) in [6.45, 7) is 0.662. The zero-order valence-electron chi connectivity index (χ0n) is 6.90. The van der Waals surface area contributed by atoms with Crippen LogP contribution in [0.25, 0.3) is 6.08 Å². The van der Waals surface area contributed by atoms with Crippen molar-refractivity contribution in [1.29, 1.82) is 0 Å². The van der Waals surface area contributed by atoms with Crippen LogP contribution in [-0.2, 0) is 0 Å². The van der Waals surface area contributed by atoms with E-state index < -0.39 is 0 Å². The third kappa shape index (κ3) is 2.76. The lowest BCUT2D eigenvalue weighted by Gasteiger charge is -1.93. The van der Waals surface area contributed by atoms with Gasteiger partial charge in [0.2, 0.25) is 0 Å². The van der Waals surface area contributed by atoms with Gasteiger partial charge in [0.05, 0.1) is 0 Å². The molecular weight excluding hydrogens is 150 g/mol. The Bertz CT molecular complexity index is 268. The molecule has 2 nitrogen and oxygen atoms in total. The molecule has 0 saturated heterocycles. The molecule has 1 rings (SSSR count). The van der Waals surface area contributed by atoms with Gasteiger partial charge in [-0.15, -0.1) is 0 Å². The quantitative estimate of drug-likeness (QED) is 0.713. The molecule has 64 valence electrons. The number of hydrogen-bond donors (Lipinski definition) is 2. The minimum Gasteiger partial charge on any atom is -0.508 e. The molecule has 0 atom stereocenters. The molecule has 0 aliphatic heterocycles. The molecule has 0 aliphatic rings. The van der Waals surface area contributed by atoms with Crippen LogP contribution in [0.15, 0.2) is 30.3 Å². The minimum absolute atomic E-state index is 0.296. The van der Waals surface area contributed by atoms with Gasteiger partial charge in [-0.25, -0.2) is 0 Å². The fourth-order valence-corrected chi connectivity index (χ4v) is 0.944. The Balaban J connectivity index is 2.63. The van der Waals surface area contributed by atoms with Crippen molar-refractivity contribution in [3.8, 4) is 5.75 Å². The van der Waals surface area contributed by atoms with Gasteiger partial charge in [-0.05, 0) is 30.7 Å². The number of phenolic OH excluding ortho intramolecular Hbond substituents is 1. The molecule has 3 N–H and O–H groups in total. The van der Waals surface area contributed by atoms with Gasteiger partial charge in [-0.1, -0.05) is 24.3 Å². The topological polar surface area (TPSA) is 46.2 Å². The highest BCUT2D eigenvalue weighted by molar-refractivity contribution is 5.51. The minimum atomic E-state index is 0.296. The van der Waals surface area contributed by atoms with Crippen molar-refractivity contribution in [3.63, 3.8) is 0 Å². The van der Waals surface area contributed by atoms with E-state index in [1.54, 1.807) is 12.1 Å². The summed E-state index contributed by atoms with van der Waals surface area (Å²) < 4.78 is 0. The number of nitrogens with two attached hydrogens (primary N) is 1. The summed E-state index contributed by atoms with van der Waals surface area (Å²) in [5.41, 5.74) is 6.33. The Labute approximate surface area is 72.3 Å². The second-order valence-electron chi connectivity index (χ2n) is 2.57. The Morgan fingerprint density at radius 2 is 2.25 bits per heavy atom. The summed E-state index contributed by atoms with van der Waals surface area (Å²) in [4.78, 5) is 0. The molecule has 0 amide bonds. The number of aromatic hydroxyl groups is 1. The van der Waals surface area contributed by atoms with Crippen LogP contribution in [0.3, 0.4) is 0 Å². The standard InChI is InChI=1S/C10H13NO/c11-7-2-1-4-9-5-3-6-10(12)8-9/h1,3-6,8,12H,2,7,11H2. The van der Waals surface area contributed by atoms with Crippen molar-refractivity contribution in [3.05, 3.63) is 35.9 Å². The normalized spacial score (nSPS) is 10.8. The maximum atomic E-state index is 9.11. The second kappa shape index (κ2) is 4.57. The van der Waals surface area contributed by atoms with Crippen LogP contribution in [0, 0.1) is 0 Å². The first-order valence-corrected chi connectivity index (χ1v) is 3.98. The van der Waals surface area contributed by atoms with Crippen LogP contribution in [0.1, 0.15) is 12.0 Å². The van der Waals surface area contributed by atoms with Crippen LogP contribution < -0.4 is 5.73 Å². The van der Waals surface area contributed by atoms with Gasteiger partial charge in [0, 0.05) is 0 Å². The molecular formula is C10H13NO. The third-order valence-corrected chi connectivity index (χ3v) is 1.51. The lowest BCUT2D eigenvalue weighted by molar-refractivity contribution is 0.475. The molecule has 0 aliphatic carbocycles. The lowest BCUT2D eigenvalue weighted by atomic mass is 10.2. The van der Waals surface area contributed by atoms with Gasteiger partial charge < -0.3 is 10.8 Å². The Hall–Kier alpha value is -1.28. The molecule has 12 heavy (non-hydrogen) atoms. The van der Waals surface area contributed by atoms with Gasteiger partial charge in [0.1, 0.15) is 5.75 Å². The largest absolute Gasteiger partial charge is 0.508 e. The van der Waals surface area contributed by atoms with Gasteiger partial charge in [-0.2, -0.15) is 0 Å². The first kappa shape index (κ1) is 8.81. The second-order valence-corrected chi connectivity index (χ2v) is 2.57. The van der Waals surface area contributed by atoms with E-state index in [-0.39, 0.29) is 0 Å². The molecule has 0 unspecified atom stereocenters. The molecule has 0 spiro atoms. The molecule has 0 radical (unpaired) electrons. The van der Waals surface area contributed by atoms with E-state index in [0.29, 0.717) is 12.3 Å². The van der Waals surface area contributed by atoms with Gasteiger partial charge in [-0.3, -0.25) is 0 Å². The average Bonchev–Trinajstić information content (AvgIpc) is 2.05. The van der Waals surface area contributed by atoms with E-state index in [0.717, 1.165) is 12.0 Å². The molecule has 0 fully saturated rings. The van der Waals surface area contributed by atoms with Crippen molar-refractivity contribution in [2.75, 3.05) is 6.54 Å². The summed E-state index contributed by atoms with van der Waals surface area (Å²) in [6, 6.07) is 7.12. The monoisotopic (exact) mass is 163 g/mol. The Morgan fingerprint density at radius 1 is 1.42 bits per heavy atom.